The zero-order valence-electron chi connectivity index (χ0n) is 17.8. The van der Waals surface area contributed by atoms with Crippen LogP contribution in [0.4, 0.5) is 11.5 Å². The van der Waals surface area contributed by atoms with Gasteiger partial charge in [-0.25, -0.2) is 9.97 Å². The molecule has 4 rings (SSSR count). The normalized spacial score (nSPS) is 11.4. The van der Waals surface area contributed by atoms with E-state index in [4.69, 9.17) is 9.84 Å². The minimum absolute atomic E-state index is 0.00558. The van der Waals surface area contributed by atoms with E-state index in [1.165, 1.54) is 0 Å². The summed E-state index contributed by atoms with van der Waals surface area (Å²) in [7, 11) is 0. The summed E-state index contributed by atoms with van der Waals surface area (Å²) in [6, 6.07) is 11.8. The molecule has 0 bridgehead atoms. The molecule has 0 atom stereocenters. The SMILES string of the molecule is CCn1c(/C=C/CO)cc2ncnc(Nc3ccc(Oc4ccc(C)nc4)c(C)c3)c21. The first-order valence-corrected chi connectivity index (χ1v) is 10.2. The number of aryl methyl sites for hydroxylation is 3. The molecule has 0 amide bonds. The highest BCUT2D eigenvalue weighted by molar-refractivity contribution is 5.90. The lowest BCUT2D eigenvalue weighted by Gasteiger charge is -2.13. The first-order chi connectivity index (χ1) is 15.1. The molecular formula is C24H25N5O2. The smallest absolute Gasteiger partial charge is 0.158 e. The van der Waals surface area contributed by atoms with Crippen molar-refractivity contribution in [2.45, 2.75) is 27.3 Å². The predicted molar refractivity (Wildman–Crippen MR) is 123 cm³/mol. The molecule has 7 heteroatoms. The Kier molecular flexibility index (Phi) is 5.95. The summed E-state index contributed by atoms with van der Waals surface area (Å²) < 4.78 is 8.09. The lowest BCUT2D eigenvalue weighted by atomic mass is 10.2. The summed E-state index contributed by atoms with van der Waals surface area (Å²) in [6.07, 6.45) is 6.89. The van der Waals surface area contributed by atoms with E-state index in [-0.39, 0.29) is 6.61 Å². The summed E-state index contributed by atoms with van der Waals surface area (Å²) in [5.74, 6) is 2.21. The number of hydrogen-bond donors (Lipinski definition) is 2. The standard InChI is InChI=1S/C24H25N5O2/c1-4-29-19(6-5-11-30)13-21-23(29)24(27-15-26-21)28-18-8-10-22(16(2)12-18)31-20-9-7-17(3)25-14-20/h5-10,12-15,30H,4,11H2,1-3H3,(H,26,27,28)/b6-5+. The van der Waals surface area contributed by atoms with Crippen molar-refractivity contribution >= 4 is 28.6 Å². The summed E-state index contributed by atoms with van der Waals surface area (Å²) in [5.41, 5.74) is 5.59. The van der Waals surface area contributed by atoms with Gasteiger partial charge in [-0.15, -0.1) is 0 Å². The van der Waals surface area contributed by atoms with Gasteiger partial charge in [-0.2, -0.15) is 0 Å². The van der Waals surface area contributed by atoms with Crippen LogP contribution in [0.3, 0.4) is 0 Å². The van der Waals surface area contributed by atoms with Crippen molar-refractivity contribution in [1.82, 2.24) is 19.5 Å². The molecule has 158 valence electrons. The number of aliphatic hydroxyl groups is 1. The zero-order chi connectivity index (χ0) is 21.8. The van der Waals surface area contributed by atoms with Gasteiger partial charge in [0.05, 0.1) is 18.3 Å². The Morgan fingerprint density at radius 1 is 1.10 bits per heavy atom. The molecule has 7 nitrogen and oxygen atoms in total. The molecule has 1 aromatic carbocycles. The topological polar surface area (TPSA) is 85.1 Å². The number of aliphatic hydroxyl groups excluding tert-OH is 1. The minimum Gasteiger partial charge on any atom is -0.455 e. The first kappa shape index (κ1) is 20.6. The van der Waals surface area contributed by atoms with Gasteiger partial charge in [0, 0.05) is 23.6 Å². The van der Waals surface area contributed by atoms with Crippen molar-refractivity contribution in [3.05, 3.63) is 71.9 Å². The highest BCUT2D eigenvalue weighted by atomic mass is 16.5. The van der Waals surface area contributed by atoms with Crippen molar-refractivity contribution in [2.24, 2.45) is 0 Å². The number of aromatic nitrogens is 4. The predicted octanol–water partition coefficient (Wildman–Crippen LogP) is 5.00. The minimum atomic E-state index is -0.00558. The molecule has 0 aliphatic carbocycles. The van der Waals surface area contributed by atoms with E-state index in [1.54, 1.807) is 18.6 Å². The molecule has 0 saturated carbocycles. The highest BCUT2D eigenvalue weighted by Crippen LogP contribution is 2.30. The van der Waals surface area contributed by atoms with Crippen LogP contribution in [-0.4, -0.2) is 31.2 Å². The summed E-state index contributed by atoms with van der Waals surface area (Å²) in [6.45, 7) is 6.77. The Labute approximate surface area is 181 Å². The maximum atomic E-state index is 9.12. The number of ether oxygens (including phenoxy) is 1. The molecule has 2 N–H and O–H groups in total. The number of nitrogens with zero attached hydrogens (tertiary/aromatic N) is 4. The number of hydrogen-bond acceptors (Lipinski definition) is 6. The number of fused-ring (bicyclic) bond motifs is 1. The van der Waals surface area contributed by atoms with E-state index in [0.29, 0.717) is 5.75 Å². The lowest BCUT2D eigenvalue weighted by Crippen LogP contribution is -2.02. The second-order valence-corrected chi connectivity index (χ2v) is 7.20. The second kappa shape index (κ2) is 8.97. The van der Waals surface area contributed by atoms with Gasteiger partial charge in [-0.05, 0) is 68.8 Å². The molecule has 0 fully saturated rings. The average Bonchev–Trinajstić information content (AvgIpc) is 3.14. The van der Waals surface area contributed by atoms with Crippen molar-refractivity contribution in [3.8, 4) is 11.5 Å². The van der Waals surface area contributed by atoms with Crippen molar-refractivity contribution in [3.63, 3.8) is 0 Å². The summed E-state index contributed by atoms with van der Waals surface area (Å²) in [4.78, 5) is 13.2. The van der Waals surface area contributed by atoms with Crippen LogP contribution in [0.5, 0.6) is 11.5 Å². The molecule has 3 heterocycles. The molecule has 31 heavy (non-hydrogen) atoms. The molecule has 0 aliphatic rings. The Hall–Kier alpha value is -3.71. The Morgan fingerprint density at radius 3 is 2.68 bits per heavy atom. The fraction of sp³-hybridized carbons (Fsp3) is 0.208. The van der Waals surface area contributed by atoms with E-state index in [0.717, 1.165) is 51.8 Å². The number of pyridine rings is 1. The molecule has 3 aromatic heterocycles. The molecule has 0 radical (unpaired) electrons. The molecule has 0 aliphatic heterocycles. The number of anilines is 2. The van der Waals surface area contributed by atoms with E-state index >= 15 is 0 Å². The number of nitrogens with one attached hydrogen (secondary N) is 1. The summed E-state index contributed by atoms with van der Waals surface area (Å²) >= 11 is 0. The van der Waals surface area contributed by atoms with Gasteiger partial charge < -0.3 is 19.7 Å². The highest BCUT2D eigenvalue weighted by Gasteiger charge is 2.13. The van der Waals surface area contributed by atoms with E-state index < -0.39 is 0 Å². The van der Waals surface area contributed by atoms with Crippen LogP contribution < -0.4 is 10.1 Å². The zero-order valence-corrected chi connectivity index (χ0v) is 17.8. The van der Waals surface area contributed by atoms with Crippen LogP contribution in [0, 0.1) is 13.8 Å². The van der Waals surface area contributed by atoms with Gasteiger partial charge >= 0.3 is 0 Å². The Morgan fingerprint density at radius 2 is 1.97 bits per heavy atom. The second-order valence-electron chi connectivity index (χ2n) is 7.20. The Bertz CT molecular complexity index is 1230. The van der Waals surface area contributed by atoms with Gasteiger partial charge in [-0.1, -0.05) is 6.08 Å². The van der Waals surface area contributed by atoms with Gasteiger partial charge in [-0.3, -0.25) is 4.98 Å². The maximum absolute atomic E-state index is 9.12. The van der Waals surface area contributed by atoms with Crippen LogP contribution in [0.1, 0.15) is 23.9 Å². The summed E-state index contributed by atoms with van der Waals surface area (Å²) in [5, 5.41) is 12.5. The van der Waals surface area contributed by atoms with Crippen LogP contribution in [-0.2, 0) is 6.54 Å². The molecular weight excluding hydrogens is 390 g/mol. The van der Waals surface area contributed by atoms with Crippen LogP contribution >= 0.6 is 0 Å². The molecule has 0 spiro atoms. The lowest BCUT2D eigenvalue weighted by molar-refractivity contribution is 0.343. The largest absolute Gasteiger partial charge is 0.455 e. The van der Waals surface area contributed by atoms with E-state index in [2.05, 4.69) is 31.8 Å². The quantitative estimate of drug-likeness (QED) is 0.442. The fourth-order valence-corrected chi connectivity index (χ4v) is 3.47. The molecule has 0 saturated heterocycles. The average molecular weight is 415 g/mol. The maximum Gasteiger partial charge on any atom is 0.158 e. The van der Waals surface area contributed by atoms with Crippen molar-refractivity contribution < 1.29 is 9.84 Å². The van der Waals surface area contributed by atoms with Crippen molar-refractivity contribution in [1.29, 1.82) is 0 Å². The van der Waals surface area contributed by atoms with Crippen molar-refractivity contribution in [2.75, 3.05) is 11.9 Å². The van der Waals surface area contributed by atoms with Gasteiger partial charge in [0.15, 0.2) is 5.82 Å². The monoisotopic (exact) mass is 415 g/mol. The third kappa shape index (κ3) is 4.41. The molecule has 4 aromatic rings. The van der Waals surface area contributed by atoms with Crippen LogP contribution in [0.2, 0.25) is 0 Å². The molecule has 0 unspecified atom stereocenters. The number of benzene rings is 1. The van der Waals surface area contributed by atoms with Gasteiger partial charge in [0.25, 0.3) is 0 Å². The third-order valence-corrected chi connectivity index (χ3v) is 4.98. The Balaban J connectivity index is 1.63. The van der Waals surface area contributed by atoms with E-state index in [1.807, 2.05) is 56.3 Å². The number of rotatable bonds is 7. The van der Waals surface area contributed by atoms with E-state index in [9.17, 15) is 0 Å². The first-order valence-electron chi connectivity index (χ1n) is 10.2. The fourth-order valence-electron chi connectivity index (χ4n) is 3.47. The van der Waals surface area contributed by atoms with Gasteiger partial charge in [0.1, 0.15) is 23.3 Å². The van der Waals surface area contributed by atoms with Crippen LogP contribution in [0.15, 0.2) is 55.0 Å². The van der Waals surface area contributed by atoms with Crippen LogP contribution in [0.25, 0.3) is 17.1 Å². The third-order valence-electron chi connectivity index (χ3n) is 4.98. The van der Waals surface area contributed by atoms with Gasteiger partial charge in [0.2, 0.25) is 0 Å².